The number of nitrogens with zero attached hydrogens (tertiary/aromatic N) is 2. The van der Waals surface area contributed by atoms with Gasteiger partial charge in [0.25, 0.3) is 0 Å². The Labute approximate surface area is 231 Å². The molecule has 1 atom stereocenters. The lowest BCUT2D eigenvalue weighted by Gasteiger charge is -2.30. The van der Waals surface area contributed by atoms with Gasteiger partial charge in [-0.3, -0.25) is 13.9 Å². The average molecular weight is 571 g/mol. The summed E-state index contributed by atoms with van der Waals surface area (Å²) in [4.78, 5) is 27.7. The van der Waals surface area contributed by atoms with E-state index < -0.39 is 16.1 Å². The third kappa shape index (κ3) is 9.51. The third-order valence-electron chi connectivity index (χ3n) is 5.84. The summed E-state index contributed by atoms with van der Waals surface area (Å²) in [6.07, 6.45) is 1.52. The normalized spacial score (nSPS) is 12.4. The Balaban J connectivity index is 2.21. The van der Waals surface area contributed by atoms with Gasteiger partial charge < -0.3 is 10.2 Å². The summed E-state index contributed by atoms with van der Waals surface area (Å²) in [5.74, 6) is -0.245. The Kier molecular flexibility index (Phi) is 11.3. The molecule has 2 aromatic rings. The molecule has 2 aromatic carbocycles. The second kappa shape index (κ2) is 13.5. The fourth-order valence-electron chi connectivity index (χ4n) is 3.97. The highest BCUT2D eigenvalue weighted by molar-refractivity contribution is 7.92. The van der Waals surface area contributed by atoms with Crippen LogP contribution in [0.15, 0.2) is 36.4 Å². The van der Waals surface area contributed by atoms with Gasteiger partial charge in [0.05, 0.1) is 22.0 Å². The van der Waals surface area contributed by atoms with Crippen LogP contribution in [0.1, 0.15) is 50.3 Å². The molecule has 7 nitrogen and oxygen atoms in total. The van der Waals surface area contributed by atoms with Gasteiger partial charge in [-0.1, -0.05) is 49.2 Å². The van der Waals surface area contributed by atoms with Crippen LogP contribution >= 0.6 is 23.2 Å². The standard InChI is InChI=1S/C27H37Cl2N3O4S/c1-18(2)16-30-27(34)21(5)31(17-22-9-10-24(28)25(29)15-22)26(33)8-7-11-32(37(6,35)36)23-13-19(3)12-20(4)14-23/h9-10,12-15,18,21H,7-8,11,16-17H2,1-6H3,(H,30,34). The smallest absolute Gasteiger partial charge is 0.242 e. The number of hydrogen-bond acceptors (Lipinski definition) is 4. The number of halogens is 2. The monoisotopic (exact) mass is 569 g/mol. The second-order valence-corrected chi connectivity index (χ2v) is 12.6. The first-order chi connectivity index (χ1) is 17.2. The van der Waals surface area contributed by atoms with Crippen LogP contribution in [0.3, 0.4) is 0 Å². The molecule has 2 amide bonds. The van der Waals surface area contributed by atoms with Gasteiger partial charge in [0, 0.05) is 26.1 Å². The van der Waals surface area contributed by atoms with Crippen LogP contribution in [-0.2, 0) is 26.2 Å². The molecule has 1 unspecified atom stereocenters. The minimum absolute atomic E-state index is 0.0694. The zero-order valence-corrected chi connectivity index (χ0v) is 24.7. The minimum atomic E-state index is -3.56. The first-order valence-electron chi connectivity index (χ1n) is 12.3. The highest BCUT2D eigenvalue weighted by Crippen LogP contribution is 2.25. The molecule has 0 saturated carbocycles. The van der Waals surface area contributed by atoms with Gasteiger partial charge in [0.1, 0.15) is 6.04 Å². The predicted octanol–water partition coefficient (Wildman–Crippen LogP) is 5.35. The molecule has 0 aliphatic heterocycles. The topological polar surface area (TPSA) is 86.8 Å². The fourth-order valence-corrected chi connectivity index (χ4v) is 5.24. The molecule has 0 spiro atoms. The van der Waals surface area contributed by atoms with E-state index in [9.17, 15) is 18.0 Å². The molecular formula is C27H37Cl2N3O4S. The quantitative estimate of drug-likeness (QED) is 0.373. The van der Waals surface area contributed by atoms with Gasteiger partial charge in [-0.05, 0) is 74.1 Å². The lowest BCUT2D eigenvalue weighted by molar-refractivity contribution is -0.140. The van der Waals surface area contributed by atoms with Crippen LogP contribution < -0.4 is 9.62 Å². The number of benzene rings is 2. The van der Waals surface area contributed by atoms with Crippen molar-refractivity contribution in [1.29, 1.82) is 0 Å². The molecule has 37 heavy (non-hydrogen) atoms. The number of nitrogens with one attached hydrogen (secondary N) is 1. The zero-order valence-electron chi connectivity index (χ0n) is 22.3. The summed E-state index contributed by atoms with van der Waals surface area (Å²) in [6, 6.07) is 9.96. The number of aryl methyl sites for hydroxylation is 2. The van der Waals surface area contributed by atoms with Crippen molar-refractivity contribution in [1.82, 2.24) is 10.2 Å². The first kappa shape index (κ1) is 30.9. The highest BCUT2D eigenvalue weighted by atomic mass is 35.5. The summed E-state index contributed by atoms with van der Waals surface area (Å²) in [7, 11) is -3.56. The Morgan fingerprint density at radius 3 is 2.14 bits per heavy atom. The minimum Gasteiger partial charge on any atom is -0.354 e. The zero-order chi connectivity index (χ0) is 27.9. The van der Waals surface area contributed by atoms with E-state index in [2.05, 4.69) is 5.32 Å². The van der Waals surface area contributed by atoms with Crippen LogP contribution in [0.2, 0.25) is 10.0 Å². The van der Waals surface area contributed by atoms with E-state index in [1.165, 1.54) is 9.21 Å². The van der Waals surface area contributed by atoms with Crippen molar-refractivity contribution in [3.05, 3.63) is 63.1 Å². The van der Waals surface area contributed by atoms with Crippen LogP contribution in [0.4, 0.5) is 5.69 Å². The number of sulfonamides is 1. The van der Waals surface area contributed by atoms with Crippen LogP contribution in [-0.4, -0.2) is 50.5 Å². The van der Waals surface area contributed by atoms with E-state index in [-0.39, 0.29) is 43.7 Å². The average Bonchev–Trinajstić information content (AvgIpc) is 2.78. The van der Waals surface area contributed by atoms with Crippen molar-refractivity contribution in [3.63, 3.8) is 0 Å². The molecule has 204 valence electrons. The molecule has 1 N–H and O–H groups in total. The molecule has 10 heteroatoms. The van der Waals surface area contributed by atoms with Crippen molar-refractivity contribution in [2.45, 2.75) is 60.0 Å². The van der Waals surface area contributed by atoms with Crippen molar-refractivity contribution in [3.8, 4) is 0 Å². The number of carbonyl (C=O) groups is 2. The van der Waals surface area contributed by atoms with E-state index in [0.717, 1.165) is 22.9 Å². The van der Waals surface area contributed by atoms with Crippen molar-refractivity contribution in [2.24, 2.45) is 5.92 Å². The fraction of sp³-hybridized carbons (Fsp3) is 0.481. The molecule has 0 fully saturated rings. The van der Waals surface area contributed by atoms with Gasteiger partial charge >= 0.3 is 0 Å². The van der Waals surface area contributed by atoms with Crippen molar-refractivity contribution in [2.75, 3.05) is 23.7 Å². The SMILES string of the molecule is Cc1cc(C)cc(N(CCCC(=O)N(Cc2ccc(Cl)c(Cl)c2)C(C)C(=O)NCC(C)C)S(C)(=O)=O)c1. The number of carbonyl (C=O) groups excluding carboxylic acids is 2. The van der Waals surface area contributed by atoms with Crippen molar-refractivity contribution >= 4 is 50.7 Å². The summed E-state index contributed by atoms with van der Waals surface area (Å²) < 4.78 is 26.4. The number of hydrogen-bond donors (Lipinski definition) is 1. The molecule has 0 bridgehead atoms. The lowest BCUT2D eigenvalue weighted by atomic mass is 10.1. The molecule has 0 saturated heterocycles. The Hall–Kier alpha value is -2.29. The largest absolute Gasteiger partial charge is 0.354 e. The number of rotatable bonds is 12. The molecule has 0 heterocycles. The molecule has 0 radical (unpaired) electrons. The van der Waals surface area contributed by atoms with Crippen LogP contribution in [0.25, 0.3) is 0 Å². The van der Waals surface area contributed by atoms with Gasteiger partial charge in [-0.25, -0.2) is 8.42 Å². The van der Waals surface area contributed by atoms with E-state index in [1.807, 2.05) is 45.9 Å². The van der Waals surface area contributed by atoms with E-state index >= 15 is 0 Å². The van der Waals surface area contributed by atoms with Crippen molar-refractivity contribution < 1.29 is 18.0 Å². The van der Waals surface area contributed by atoms with Crippen LogP contribution in [0, 0.1) is 19.8 Å². The molecule has 2 rings (SSSR count). The van der Waals surface area contributed by atoms with Gasteiger partial charge in [0.2, 0.25) is 21.8 Å². The Morgan fingerprint density at radius 1 is 0.973 bits per heavy atom. The Bertz CT molecular complexity index is 1200. The molecule has 0 aliphatic carbocycles. The molecule has 0 aliphatic rings. The first-order valence-corrected chi connectivity index (χ1v) is 14.9. The Morgan fingerprint density at radius 2 is 1.59 bits per heavy atom. The van der Waals surface area contributed by atoms with Gasteiger partial charge in [0.15, 0.2) is 0 Å². The van der Waals surface area contributed by atoms with E-state index in [4.69, 9.17) is 23.2 Å². The van der Waals surface area contributed by atoms with Gasteiger partial charge in [-0.15, -0.1) is 0 Å². The summed E-state index contributed by atoms with van der Waals surface area (Å²) >= 11 is 12.2. The summed E-state index contributed by atoms with van der Waals surface area (Å²) in [5.41, 5.74) is 3.21. The maximum Gasteiger partial charge on any atom is 0.242 e. The number of anilines is 1. The molecular weight excluding hydrogens is 533 g/mol. The lowest BCUT2D eigenvalue weighted by Crippen LogP contribution is -2.48. The van der Waals surface area contributed by atoms with Crippen LogP contribution in [0.5, 0.6) is 0 Å². The maximum atomic E-state index is 13.4. The highest BCUT2D eigenvalue weighted by Gasteiger charge is 2.27. The van der Waals surface area contributed by atoms with Gasteiger partial charge in [-0.2, -0.15) is 0 Å². The predicted molar refractivity (Wildman–Crippen MR) is 152 cm³/mol. The van der Waals surface area contributed by atoms with E-state index in [0.29, 0.717) is 22.3 Å². The maximum absolute atomic E-state index is 13.4. The second-order valence-electron chi connectivity index (χ2n) is 9.87. The van der Waals surface area contributed by atoms with E-state index in [1.54, 1.807) is 25.1 Å². The molecule has 0 aromatic heterocycles. The number of amides is 2. The summed E-state index contributed by atoms with van der Waals surface area (Å²) in [5, 5.41) is 3.65. The third-order valence-corrected chi connectivity index (χ3v) is 7.77. The summed E-state index contributed by atoms with van der Waals surface area (Å²) in [6.45, 7) is 10.3.